The molecular weight excluding hydrogens is 258 g/mol. The zero-order valence-corrected chi connectivity index (χ0v) is 11.6. The summed E-state index contributed by atoms with van der Waals surface area (Å²) in [5.41, 5.74) is 6.62. The predicted molar refractivity (Wildman–Crippen MR) is 74.3 cm³/mol. The highest BCUT2D eigenvalue weighted by atomic mass is 16.5. The topological polar surface area (TPSA) is 95.1 Å². The van der Waals surface area contributed by atoms with Crippen LogP contribution in [0.25, 0.3) is 0 Å². The molecule has 0 saturated carbocycles. The molecule has 1 atom stereocenters. The Balaban J connectivity index is 2.14. The molecule has 0 aliphatic rings. The van der Waals surface area contributed by atoms with E-state index in [1.54, 1.807) is 36.2 Å². The maximum atomic E-state index is 12.2. The Morgan fingerprint density at radius 1 is 1.50 bits per heavy atom. The van der Waals surface area contributed by atoms with Gasteiger partial charge in [-0.3, -0.25) is 4.79 Å². The molecule has 1 unspecified atom stereocenters. The molecular formula is C13H17N5O2. The highest BCUT2D eigenvalue weighted by Gasteiger charge is 2.17. The Labute approximate surface area is 116 Å². The number of hydrogen-bond donors (Lipinski definition) is 2. The van der Waals surface area contributed by atoms with Crippen molar-refractivity contribution in [2.75, 3.05) is 12.8 Å². The van der Waals surface area contributed by atoms with E-state index in [4.69, 9.17) is 10.5 Å². The van der Waals surface area contributed by atoms with Gasteiger partial charge in [-0.2, -0.15) is 0 Å². The Hall–Kier alpha value is -2.57. The summed E-state index contributed by atoms with van der Waals surface area (Å²) in [5.74, 6) is 1.02. The quantitative estimate of drug-likeness (QED) is 0.808. The first-order valence-corrected chi connectivity index (χ1v) is 6.11. The van der Waals surface area contributed by atoms with Crippen LogP contribution in [0, 0.1) is 0 Å². The number of amides is 1. The number of carbonyl (C=O) groups is 1. The van der Waals surface area contributed by atoms with E-state index in [2.05, 4.69) is 15.5 Å². The van der Waals surface area contributed by atoms with E-state index in [1.807, 2.05) is 14.0 Å². The molecule has 0 spiro atoms. The predicted octanol–water partition coefficient (Wildman–Crippen LogP) is 0.897. The van der Waals surface area contributed by atoms with E-state index in [0.29, 0.717) is 22.8 Å². The van der Waals surface area contributed by atoms with Crippen LogP contribution < -0.4 is 15.8 Å². The summed E-state index contributed by atoms with van der Waals surface area (Å²) in [6.07, 6.45) is 1.58. The van der Waals surface area contributed by atoms with Crippen molar-refractivity contribution in [3.8, 4) is 5.75 Å². The number of ether oxygens (including phenoxy) is 1. The lowest BCUT2D eigenvalue weighted by Gasteiger charge is -2.14. The van der Waals surface area contributed by atoms with E-state index in [-0.39, 0.29) is 11.9 Å². The number of nitrogens with zero attached hydrogens (tertiary/aromatic N) is 3. The summed E-state index contributed by atoms with van der Waals surface area (Å²) in [6, 6.07) is 4.67. The van der Waals surface area contributed by atoms with Crippen LogP contribution in [0.2, 0.25) is 0 Å². The van der Waals surface area contributed by atoms with Gasteiger partial charge in [-0.15, -0.1) is 10.2 Å². The van der Waals surface area contributed by atoms with Gasteiger partial charge in [0.15, 0.2) is 5.82 Å². The molecule has 0 fully saturated rings. The van der Waals surface area contributed by atoms with Crippen LogP contribution >= 0.6 is 0 Å². The third-order valence-electron chi connectivity index (χ3n) is 2.98. The monoisotopic (exact) mass is 275 g/mol. The summed E-state index contributed by atoms with van der Waals surface area (Å²) in [5, 5.41) is 10.6. The van der Waals surface area contributed by atoms with Gasteiger partial charge in [-0.1, -0.05) is 0 Å². The third kappa shape index (κ3) is 2.71. The number of methoxy groups -OCH3 is 1. The van der Waals surface area contributed by atoms with Gasteiger partial charge < -0.3 is 20.4 Å². The normalized spacial score (nSPS) is 11.9. The van der Waals surface area contributed by atoms with Gasteiger partial charge >= 0.3 is 0 Å². The standard InChI is InChI=1S/C13H17N5O2/c1-8(12-17-15-7-18(12)2)16-13(19)10-5-4-9(20-3)6-11(10)14/h4-8H,14H2,1-3H3,(H,16,19). The molecule has 1 amide bonds. The van der Waals surface area contributed by atoms with E-state index >= 15 is 0 Å². The first-order chi connectivity index (χ1) is 9.52. The Morgan fingerprint density at radius 3 is 2.80 bits per heavy atom. The Morgan fingerprint density at radius 2 is 2.25 bits per heavy atom. The van der Waals surface area contributed by atoms with E-state index in [0.717, 1.165) is 0 Å². The molecule has 3 N–H and O–H groups in total. The Bertz CT molecular complexity index is 623. The lowest BCUT2D eigenvalue weighted by molar-refractivity contribution is 0.0938. The van der Waals surface area contributed by atoms with Crippen LogP contribution in [0.5, 0.6) is 5.75 Å². The summed E-state index contributed by atoms with van der Waals surface area (Å²) < 4.78 is 6.80. The van der Waals surface area contributed by atoms with Crippen molar-refractivity contribution in [2.45, 2.75) is 13.0 Å². The number of nitrogens with one attached hydrogen (secondary N) is 1. The first-order valence-electron chi connectivity index (χ1n) is 6.11. The molecule has 0 bridgehead atoms. The Kier molecular flexibility index (Phi) is 3.88. The fourth-order valence-corrected chi connectivity index (χ4v) is 1.90. The number of rotatable bonds is 4. The molecule has 0 radical (unpaired) electrons. The molecule has 7 nitrogen and oxygen atoms in total. The third-order valence-corrected chi connectivity index (χ3v) is 2.98. The molecule has 1 aromatic heterocycles. The lowest BCUT2D eigenvalue weighted by Crippen LogP contribution is -2.29. The summed E-state index contributed by atoms with van der Waals surface area (Å²) in [4.78, 5) is 12.2. The molecule has 1 aromatic carbocycles. The zero-order valence-electron chi connectivity index (χ0n) is 11.6. The van der Waals surface area contributed by atoms with Crippen LogP contribution in [-0.4, -0.2) is 27.8 Å². The van der Waals surface area contributed by atoms with Gasteiger partial charge in [0.1, 0.15) is 12.1 Å². The van der Waals surface area contributed by atoms with Crippen LogP contribution in [0.4, 0.5) is 5.69 Å². The van der Waals surface area contributed by atoms with Crippen molar-refractivity contribution < 1.29 is 9.53 Å². The molecule has 0 saturated heterocycles. The van der Waals surface area contributed by atoms with Gasteiger partial charge in [0.2, 0.25) is 0 Å². The second-order valence-corrected chi connectivity index (χ2v) is 4.45. The van der Waals surface area contributed by atoms with Crippen LogP contribution in [0.3, 0.4) is 0 Å². The highest BCUT2D eigenvalue weighted by Crippen LogP contribution is 2.20. The van der Waals surface area contributed by atoms with Crippen molar-refractivity contribution in [3.63, 3.8) is 0 Å². The molecule has 2 rings (SSSR count). The van der Waals surface area contributed by atoms with Crippen molar-refractivity contribution in [1.29, 1.82) is 0 Å². The van der Waals surface area contributed by atoms with Gasteiger partial charge in [-0.25, -0.2) is 0 Å². The van der Waals surface area contributed by atoms with Crippen LogP contribution in [-0.2, 0) is 7.05 Å². The number of aromatic nitrogens is 3. The fourth-order valence-electron chi connectivity index (χ4n) is 1.90. The van der Waals surface area contributed by atoms with Crippen LogP contribution in [0.15, 0.2) is 24.5 Å². The number of benzene rings is 1. The van der Waals surface area contributed by atoms with E-state index in [9.17, 15) is 4.79 Å². The second kappa shape index (κ2) is 5.60. The van der Waals surface area contributed by atoms with Gasteiger partial charge in [0.25, 0.3) is 5.91 Å². The second-order valence-electron chi connectivity index (χ2n) is 4.45. The summed E-state index contributed by atoms with van der Waals surface area (Å²) in [6.45, 7) is 1.83. The molecule has 0 aliphatic carbocycles. The number of nitrogen functional groups attached to an aromatic ring is 1. The molecule has 2 aromatic rings. The molecule has 1 heterocycles. The number of nitrogens with two attached hydrogens (primary N) is 1. The summed E-state index contributed by atoms with van der Waals surface area (Å²) in [7, 11) is 3.37. The average molecular weight is 275 g/mol. The van der Waals surface area contributed by atoms with Crippen molar-refractivity contribution in [2.24, 2.45) is 7.05 Å². The van der Waals surface area contributed by atoms with Gasteiger partial charge in [0, 0.05) is 18.8 Å². The SMILES string of the molecule is COc1ccc(C(=O)NC(C)c2nncn2C)c(N)c1. The minimum atomic E-state index is -0.267. The number of anilines is 1. The molecule has 20 heavy (non-hydrogen) atoms. The first kappa shape index (κ1) is 13.9. The molecule has 0 aliphatic heterocycles. The smallest absolute Gasteiger partial charge is 0.253 e. The number of carbonyl (C=O) groups excluding carboxylic acids is 1. The van der Waals surface area contributed by atoms with E-state index < -0.39 is 0 Å². The van der Waals surface area contributed by atoms with Crippen molar-refractivity contribution in [3.05, 3.63) is 35.9 Å². The molecule has 106 valence electrons. The maximum absolute atomic E-state index is 12.2. The van der Waals surface area contributed by atoms with Crippen molar-refractivity contribution in [1.82, 2.24) is 20.1 Å². The van der Waals surface area contributed by atoms with E-state index in [1.165, 1.54) is 0 Å². The zero-order chi connectivity index (χ0) is 14.7. The minimum Gasteiger partial charge on any atom is -0.497 e. The average Bonchev–Trinajstić information content (AvgIpc) is 2.84. The summed E-state index contributed by atoms with van der Waals surface area (Å²) >= 11 is 0. The molecule has 7 heteroatoms. The minimum absolute atomic E-state index is 0.263. The van der Waals surface area contributed by atoms with Crippen molar-refractivity contribution >= 4 is 11.6 Å². The largest absolute Gasteiger partial charge is 0.497 e. The number of hydrogen-bond acceptors (Lipinski definition) is 5. The fraction of sp³-hybridized carbons (Fsp3) is 0.308. The van der Waals surface area contributed by atoms with Gasteiger partial charge in [0.05, 0.1) is 18.7 Å². The maximum Gasteiger partial charge on any atom is 0.253 e. The van der Waals surface area contributed by atoms with Crippen LogP contribution in [0.1, 0.15) is 29.1 Å². The lowest BCUT2D eigenvalue weighted by atomic mass is 10.1. The van der Waals surface area contributed by atoms with Gasteiger partial charge in [-0.05, 0) is 19.1 Å². The number of aryl methyl sites for hydroxylation is 1. The highest BCUT2D eigenvalue weighted by molar-refractivity contribution is 5.99.